The van der Waals surface area contributed by atoms with Gasteiger partial charge in [0, 0.05) is 12.6 Å². The molecule has 0 radical (unpaired) electrons. The van der Waals surface area contributed by atoms with Crippen molar-refractivity contribution >= 4 is 5.69 Å². The van der Waals surface area contributed by atoms with Crippen molar-refractivity contribution < 1.29 is 5.32 Å². The molecule has 3 N–H and O–H groups in total. The summed E-state index contributed by atoms with van der Waals surface area (Å²) < 4.78 is 0. The minimum atomic E-state index is 0.951. The van der Waals surface area contributed by atoms with Crippen LogP contribution in [-0.4, -0.2) is 13.6 Å². The SMILES string of the molecule is CNC=CC[NH2+]c1ccc(-c2ccccc2)cc1C. The second-order valence-electron chi connectivity index (χ2n) is 4.57. The summed E-state index contributed by atoms with van der Waals surface area (Å²) in [4.78, 5) is 0. The largest absolute Gasteiger partial charge is 0.394 e. The molecule has 2 rings (SSSR count). The fraction of sp³-hybridized carbons (Fsp3) is 0.176. The first-order valence-corrected chi connectivity index (χ1v) is 6.63. The average molecular weight is 253 g/mol. The van der Waals surface area contributed by atoms with Crippen molar-refractivity contribution in [2.75, 3.05) is 13.6 Å². The standard InChI is InChI=1S/C17H20N2/c1-14-13-16(15-7-4-3-5-8-15)9-10-17(14)19-12-6-11-18-2/h3-11,13,18-19H,12H2,1-2H3/p+1. The molecule has 2 heteroatoms. The van der Waals surface area contributed by atoms with Gasteiger partial charge in [0.1, 0.15) is 12.2 Å². The van der Waals surface area contributed by atoms with Gasteiger partial charge in [-0.25, -0.2) is 0 Å². The lowest BCUT2D eigenvalue weighted by molar-refractivity contribution is -0.561. The fourth-order valence-corrected chi connectivity index (χ4v) is 2.10. The van der Waals surface area contributed by atoms with Crippen LogP contribution in [0.3, 0.4) is 0 Å². The Hall–Kier alpha value is -2.06. The summed E-state index contributed by atoms with van der Waals surface area (Å²) in [6.07, 6.45) is 4.08. The highest BCUT2D eigenvalue weighted by atomic mass is 14.9. The van der Waals surface area contributed by atoms with Gasteiger partial charge < -0.3 is 10.6 Å². The lowest BCUT2D eigenvalue weighted by Crippen LogP contribution is -2.77. The Morgan fingerprint density at radius 1 is 1.05 bits per heavy atom. The molecule has 0 fully saturated rings. The zero-order chi connectivity index (χ0) is 13.5. The number of rotatable bonds is 5. The minimum Gasteiger partial charge on any atom is -0.394 e. The zero-order valence-corrected chi connectivity index (χ0v) is 11.6. The third-order valence-corrected chi connectivity index (χ3v) is 3.14. The Morgan fingerprint density at radius 3 is 2.53 bits per heavy atom. The normalized spacial score (nSPS) is 10.8. The van der Waals surface area contributed by atoms with Gasteiger partial charge in [0.25, 0.3) is 0 Å². The highest BCUT2D eigenvalue weighted by Crippen LogP contribution is 2.22. The highest BCUT2D eigenvalue weighted by Gasteiger charge is 2.04. The van der Waals surface area contributed by atoms with Crippen LogP contribution in [0, 0.1) is 6.92 Å². The third-order valence-electron chi connectivity index (χ3n) is 3.14. The van der Waals surface area contributed by atoms with Gasteiger partial charge in [0.2, 0.25) is 0 Å². The summed E-state index contributed by atoms with van der Waals surface area (Å²) in [6.45, 7) is 3.12. The summed E-state index contributed by atoms with van der Waals surface area (Å²) in [5.41, 5.74) is 5.17. The quantitative estimate of drug-likeness (QED) is 0.788. The lowest BCUT2D eigenvalue weighted by Gasteiger charge is -2.06. The average Bonchev–Trinajstić information content (AvgIpc) is 2.46. The summed E-state index contributed by atoms with van der Waals surface area (Å²) in [7, 11) is 1.91. The Morgan fingerprint density at radius 2 is 1.84 bits per heavy atom. The van der Waals surface area contributed by atoms with Gasteiger partial charge in [-0.1, -0.05) is 30.3 Å². The van der Waals surface area contributed by atoms with Gasteiger partial charge in [0.05, 0.1) is 0 Å². The van der Waals surface area contributed by atoms with E-state index in [9.17, 15) is 0 Å². The summed E-state index contributed by atoms with van der Waals surface area (Å²) in [6, 6.07) is 17.1. The molecule has 0 unspecified atom stereocenters. The van der Waals surface area contributed by atoms with Gasteiger partial charge in [-0.15, -0.1) is 0 Å². The lowest BCUT2D eigenvalue weighted by atomic mass is 10.0. The Labute approximate surface area is 115 Å². The molecule has 0 saturated heterocycles. The van der Waals surface area contributed by atoms with E-state index in [1.165, 1.54) is 22.4 Å². The van der Waals surface area contributed by atoms with Crippen molar-refractivity contribution in [1.29, 1.82) is 0 Å². The molecule has 0 aliphatic carbocycles. The molecule has 2 aromatic rings. The van der Waals surface area contributed by atoms with E-state index in [2.05, 4.69) is 66.1 Å². The number of aryl methyl sites for hydroxylation is 1. The van der Waals surface area contributed by atoms with Crippen LogP contribution < -0.4 is 10.6 Å². The molecule has 0 bridgehead atoms. The van der Waals surface area contributed by atoms with E-state index < -0.39 is 0 Å². The Balaban J connectivity index is 2.11. The molecule has 98 valence electrons. The molecule has 2 nitrogen and oxygen atoms in total. The van der Waals surface area contributed by atoms with E-state index in [1.54, 1.807) is 0 Å². The highest BCUT2D eigenvalue weighted by molar-refractivity contribution is 5.66. The molecular formula is C17H21N2+. The number of benzene rings is 2. The van der Waals surface area contributed by atoms with Crippen molar-refractivity contribution in [3.63, 3.8) is 0 Å². The number of nitrogens with two attached hydrogens (primary N) is 1. The first-order valence-electron chi connectivity index (χ1n) is 6.63. The minimum absolute atomic E-state index is 0.951. The number of hydrogen-bond donors (Lipinski definition) is 2. The molecular weight excluding hydrogens is 232 g/mol. The van der Waals surface area contributed by atoms with E-state index in [4.69, 9.17) is 0 Å². The maximum absolute atomic E-state index is 3.00. The van der Waals surface area contributed by atoms with Crippen molar-refractivity contribution in [3.8, 4) is 11.1 Å². The molecule has 2 aromatic carbocycles. The Bertz CT molecular complexity index is 544. The first kappa shape index (κ1) is 13.4. The van der Waals surface area contributed by atoms with E-state index in [-0.39, 0.29) is 0 Å². The molecule has 0 aromatic heterocycles. The van der Waals surface area contributed by atoms with Crippen molar-refractivity contribution in [2.24, 2.45) is 0 Å². The monoisotopic (exact) mass is 253 g/mol. The van der Waals surface area contributed by atoms with Crippen LogP contribution in [0.5, 0.6) is 0 Å². The van der Waals surface area contributed by atoms with E-state index in [0.29, 0.717) is 0 Å². The van der Waals surface area contributed by atoms with Gasteiger partial charge >= 0.3 is 0 Å². The Kier molecular flexibility index (Phi) is 4.76. The van der Waals surface area contributed by atoms with Crippen LogP contribution in [0.4, 0.5) is 5.69 Å². The fourth-order valence-electron chi connectivity index (χ4n) is 2.10. The number of quaternary nitrogens is 1. The van der Waals surface area contributed by atoms with Crippen molar-refractivity contribution in [1.82, 2.24) is 5.32 Å². The summed E-state index contributed by atoms with van der Waals surface area (Å²) in [5.74, 6) is 0. The van der Waals surface area contributed by atoms with Crippen LogP contribution >= 0.6 is 0 Å². The van der Waals surface area contributed by atoms with E-state index in [0.717, 1.165) is 6.54 Å². The summed E-state index contributed by atoms with van der Waals surface area (Å²) in [5, 5.41) is 5.25. The van der Waals surface area contributed by atoms with Crippen molar-refractivity contribution in [3.05, 3.63) is 66.4 Å². The molecule has 0 aliphatic rings. The van der Waals surface area contributed by atoms with Crippen molar-refractivity contribution in [2.45, 2.75) is 6.92 Å². The maximum Gasteiger partial charge on any atom is 0.132 e. The molecule has 19 heavy (non-hydrogen) atoms. The van der Waals surface area contributed by atoms with Gasteiger partial charge in [-0.3, -0.25) is 0 Å². The molecule has 0 spiro atoms. The molecule has 0 amide bonds. The van der Waals surface area contributed by atoms with Gasteiger partial charge in [-0.05, 0) is 48.5 Å². The van der Waals surface area contributed by atoms with Crippen LogP contribution in [0.25, 0.3) is 11.1 Å². The molecule has 0 atom stereocenters. The van der Waals surface area contributed by atoms with Crippen LogP contribution in [0.1, 0.15) is 5.56 Å². The topological polar surface area (TPSA) is 28.6 Å². The smallest absolute Gasteiger partial charge is 0.132 e. The van der Waals surface area contributed by atoms with E-state index in [1.807, 2.05) is 19.3 Å². The maximum atomic E-state index is 3.00. The zero-order valence-electron chi connectivity index (χ0n) is 11.6. The van der Waals surface area contributed by atoms with Crippen LogP contribution in [0.15, 0.2) is 60.8 Å². The predicted octanol–water partition coefficient (Wildman–Crippen LogP) is 2.59. The predicted molar refractivity (Wildman–Crippen MR) is 81.3 cm³/mol. The number of hydrogen-bond acceptors (Lipinski definition) is 1. The van der Waals surface area contributed by atoms with Crippen LogP contribution in [0.2, 0.25) is 0 Å². The number of nitrogens with one attached hydrogen (secondary N) is 1. The summed E-state index contributed by atoms with van der Waals surface area (Å²) >= 11 is 0. The second kappa shape index (κ2) is 6.76. The first-order chi connectivity index (χ1) is 9.31. The van der Waals surface area contributed by atoms with E-state index >= 15 is 0 Å². The molecule has 0 aliphatic heterocycles. The molecule has 0 heterocycles. The molecule has 0 saturated carbocycles. The van der Waals surface area contributed by atoms with Crippen LogP contribution in [-0.2, 0) is 0 Å². The van der Waals surface area contributed by atoms with Gasteiger partial charge in [-0.2, -0.15) is 0 Å². The van der Waals surface area contributed by atoms with Gasteiger partial charge in [0.15, 0.2) is 0 Å². The second-order valence-corrected chi connectivity index (χ2v) is 4.57. The third kappa shape index (κ3) is 3.70.